The number of carbonyl (C=O) groups is 2. The molecule has 0 rings (SSSR count). The molecule has 0 saturated carbocycles. The summed E-state index contributed by atoms with van der Waals surface area (Å²) in [6, 6.07) is -0.361. The van der Waals surface area contributed by atoms with Crippen molar-refractivity contribution < 1.29 is 9.59 Å². The zero-order chi connectivity index (χ0) is 13.4. The molecule has 0 aromatic carbocycles. The number of hydrogen-bond donors (Lipinski definition) is 0. The molecule has 0 aliphatic heterocycles. The van der Waals surface area contributed by atoms with Crippen molar-refractivity contribution in [1.29, 1.82) is 0 Å². The lowest BCUT2D eigenvalue weighted by Gasteiger charge is -2.20. The minimum absolute atomic E-state index is 0.262. The molecule has 2 amide bonds. The maximum absolute atomic E-state index is 11.3. The fourth-order valence-electron chi connectivity index (χ4n) is 1.58. The van der Waals surface area contributed by atoms with Crippen molar-refractivity contribution in [2.75, 3.05) is 19.6 Å². The zero-order valence-corrected chi connectivity index (χ0v) is 11.4. The average molecular weight is 238 g/mol. The standard InChI is InChI=1S/C13H22N2O2/c1-6-14(7-2)10-8-9-11(3)15(12(4)16)13(5)17/h11H,6-7,10H2,1-5H3. The second kappa shape index (κ2) is 7.86. The number of amides is 2. The lowest BCUT2D eigenvalue weighted by molar-refractivity contribution is -0.143. The first-order chi connectivity index (χ1) is 7.93. The third kappa shape index (κ3) is 5.50. The van der Waals surface area contributed by atoms with Gasteiger partial charge in [-0.1, -0.05) is 25.7 Å². The minimum atomic E-state index is -0.361. The second-order valence-electron chi connectivity index (χ2n) is 3.87. The smallest absolute Gasteiger partial charge is 0.227 e. The Bertz CT molecular complexity index is 310. The van der Waals surface area contributed by atoms with Gasteiger partial charge in [-0.3, -0.25) is 19.4 Å². The SMILES string of the molecule is CCN(CC)CC#CC(C)N(C(C)=O)C(C)=O. The zero-order valence-electron chi connectivity index (χ0n) is 11.4. The van der Waals surface area contributed by atoms with Crippen LogP contribution in [0.4, 0.5) is 0 Å². The molecule has 1 unspecified atom stereocenters. The highest BCUT2D eigenvalue weighted by atomic mass is 16.2. The van der Waals surface area contributed by atoms with Gasteiger partial charge in [0.05, 0.1) is 12.6 Å². The lowest BCUT2D eigenvalue weighted by Crippen LogP contribution is -2.40. The fourth-order valence-corrected chi connectivity index (χ4v) is 1.58. The van der Waals surface area contributed by atoms with Gasteiger partial charge in [0.25, 0.3) is 0 Å². The normalized spacial score (nSPS) is 11.6. The highest BCUT2D eigenvalue weighted by Gasteiger charge is 2.18. The highest BCUT2D eigenvalue weighted by molar-refractivity contribution is 5.93. The minimum Gasteiger partial charge on any atom is -0.293 e. The molecule has 4 nitrogen and oxygen atoms in total. The number of nitrogens with zero attached hydrogens (tertiary/aromatic N) is 2. The topological polar surface area (TPSA) is 40.6 Å². The van der Waals surface area contributed by atoms with Crippen LogP contribution in [0, 0.1) is 11.8 Å². The maximum Gasteiger partial charge on any atom is 0.227 e. The van der Waals surface area contributed by atoms with E-state index in [2.05, 4.69) is 30.6 Å². The van der Waals surface area contributed by atoms with Gasteiger partial charge in [0, 0.05) is 13.8 Å². The molecule has 0 radical (unpaired) electrons. The van der Waals surface area contributed by atoms with Crippen LogP contribution in [0.3, 0.4) is 0 Å². The van der Waals surface area contributed by atoms with Crippen molar-refractivity contribution in [3.05, 3.63) is 0 Å². The monoisotopic (exact) mass is 238 g/mol. The molecule has 0 aliphatic rings. The van der Waals surface area contributed by atoms with Gasteiger partial charge in [0.1, 0.15) is 0 Å². The van der Waals surface area contributed by atoms with Gasteiger partial charge >= 0.3 is 0 Å². The van der Waals surface area contributed by atoms with Gasteiger partial charge in [0.2, 0.25) is 11.8 Å². The van der Waals surface area contributed by atoms with Crippen LogP contribution in [0.5, 0.6) is 0 Å². The predicted molar refractivity (Wildman–Crippen MR) is 68.2 cm³/mol. The molecule has 0 fully saturated rings. The first kappa shape index (κ1) is 15.7. The summed E-state index contributed by atoms with van der Waals surface area (Å²) in [4.78, 5) is 25.9. The van der Waals surface area contributed by atoms with E-state index in [1.54, 1.807) is 6.92 Å². The van der Waals surface area contributed by atoms with Gasteiger partial charge in [-0.05, 0) is 20.0 Å². The van der Waals surface area contributed by atoms with Crippen molar-refractivity contribution in [2.24, 2.45) is 0 Å². The van der Waals surface area contributed by atoms with Crippen LogP contribution < -0.4 is 0 Å². The molecule has 0 heterocycles. The van der Waals surface area contributed by atoms with E-state index in [-0.39, 0.29) is 17.9 Å². The van der Waals surface area contributed by atoms with Gasteiger partial charge in [-0.2, -0.15) is 0 Å². The molecule has 0 aromatic rings. The summed E-state index contributed by atoms with van der Waals surface area (Å²) in [5.74, 6) is 5.42. The molecule has 0 N–H and O–H groups in total. The highest BCUT2D eigenvalue weighted by Crippen LogP contribution is 1.99. The molecule has 1 atom stereocenters. The fraction of sp³-hybridized carbons (Fsp3) is 0.692. The molecule has 4 heteroatoms. The van der Waals surface area contributed by atoms with E-state index in [4.69, 9.17) is 0 Å². The summed E-state index contributed by atoms with van der Waals surface area (Å²) in [5.41, 5.74) is 0. The Kier molecular flexibility index (Phi) is 7.24. The third-order valence-electron chi connectivity index (χ3n) is 2.57. The predicted octanol–water partition coefficient (Wildman–Crippen LogP) is 1.12. The Balaban J connectivity index is 4.51. The van der Waals surface area contributed by atoms with E-state index in [1.165, 1.54) is 18.7 Å². The van der Waals surface area contributed by atoms with Gasteiger partial charge in [0.15, 0.2) is 0 Å². The number of imide groups is 1. The first-order valence-corrected chi connectivity index (χ1v) is 5.95. The summed E-state index contributed by atoms with van der Waals surface area (Å²) in [6.45, 7) is 11.2. The van der Waals surface area contributed by atoms with Crippen LogP contribution >= 0.6 is 0 Å². The first-order valence-electron chi connectivity index (χ1n) is 5.95. The molecule has 0 spiro atoms. The van der Waals surface area contributed by atoms with Crippen LogP contribution in [0.1, 0.15) is 34.6 Å². The van der Waals surface area contributed by atoms with Crippen LogP contribution in [-0.2, 0) is 9.59 Å². The van der Waals surface area contributed by atoms with Crippen LogP contribution in [0.25, 0.3) is 0 Å². The molecule has 17 heavy (non-hydrogen) atoms. The van der Waals surface area contributed by atoms with Gasteiger partial charge < -0.3 is 0 Å². The summed E-state index contributed by atoms with van der Waals surface area (Å²) < 4.78 is 0. The van der Waals surface area contributed by atoms with Crippen molar-refractivity contribution in [1.82, 2.24) is 9.80 Å². The quantitative estimate of drug-likeness (QED) is 0.689. The molecular weight excluding hydrogens is 216 g/mol. The maximum atomic E-state index is 11.3. The van der Waals surface area contributed by atoms with E-state index in [9.17, 15) is 9.59 Å². The van der Waals surface area contributed by atoms with Crippen molar-refractivity contribution >= 4 is 11.8 Å². The molecule has 0 aliphatic carbocycles. The van der Waals surface area contributed by atoms with Crippen molar-refractivity contribution in [3.8, 4) is 11.8 Å². The summed E-state index contributed by atoms with van der Waals surface area (Å²) >= 11 is 0. The largest absolute Gasteiger partial charge is 0.293 e. The lowest BCUT2D eigenvalue weighted by atomic mass is 10.2. The Morgan fingerprint density at radius 1 is 1.12 bits per heavy atom. The van der Waals surface area contributed by atoms with E-state index >= 15 is 0 Å². The Hall–Kier alpha value is -1.34. The van der Waals surface area contributed by atoms with E-state index < -0.39 is 0 Å². The van der Waals surface area contributed by atoms with Crippen LogP contribution in [0.2, 0.25) is 0 Å². The van der Waals surface area contributed by atoms with Gasteiger partial charge in [-0.25, -0.2) is 0 Å². The molecule has 0 bridgehead atoms. The van der Waals surface area contributed by atoms with E-state index in [0.29, 0.717) is 6.54 Å². The summed E-state index contributed by atoms with van der Waals surface area (Å²) in [5, 5.41) is 0. The summed E-state index contributed by atoms with van der Waals surface area (Å²) in [6.07, 6.45) is 0. The third-order valence-corrected chi connectivity index (χ3v) is 2.57. The molecule has 96 valence electrons. The molecule has 0 saturated heterocycles. The second-order valence-corrected chi connectivity index (χ2v) is 3.87. The van der Waals surface area contributed by atoms with Crippen LogP contribution in [0.15, 0.2) is 0 Å². The van der Waals surface area contributed by atoms with E-state index in [1.807, 2.05) is 0 Å². The van der Waals surface area contributed by atoms with E-state index in [0.717, 1.165) is 13.1 Å². The molecule has 0 aromatic heterocycles. The number of hydrogen-bond acceptors (Lipinski definition) is 3. The van der Waals surface area contributed by atoms with Crippen molar-refractivity contribution in [3.63, 3.8) is 0 Å². The summed E-state index contributed by atoms with van der Waals surface area (Å²) in [7, 11) is 0. The number of carbonyl (C=O) groups excluding carboxylic acids is 2. The van der Waals surface area contributed by atoms with Gasteiger partial charge in [-0.15, -0.1) is 0 Å². The Morgan fingerprint density at radius 3 is 1.94 bits per heavy atom. The van der Waals surface area contributed by atoms with Crippen LogP contribution in [-0.4, -0.2) is 47.3 Å². The molecular formula is C13H22N2O2. The Morgan fingerprint density at radius 2 is 1.59 bits per heavy atom. The Labute approximate surface area is 104 Å². The van der Waals surface area contributed by atoms with Crippen molar-refractivity contribution in [2.45, 2.75) is 40.7 Å². The average Bonchev–Trinajstić information content (AvgIpc) is 2.23. The number of rotatable bonds is 4.